The predicted molar refractivity (Wildman–Crippen MR) is 98.4 cm³/mol. The Labute approximate surface area is 136 Å². The highest BCUT2D eigenvalue weighted by Gasteiger charge is 2.19. The van der Waals surface area contributed by atoms with E-state index in [9.17, 15) is 0 Å². The number of allylic oxidation sites excluding steroid dienone is 6. The summed E-state index contributed by atoms with van der Waals surface area (Å²) in [6.07, 6.45) is 11.4. The second-order valence-electron chi connectivity index (χ2n) is 6.71. The van der Waals surface area contributed by atoms with Crippen LogP contribution in [0.1, 0.15) is 69.6 Å². The summed E-state index contributed by atoms with van der Waals surface area (Å²) in [5.74, 6) is 0.550. The lowest BCUT2D eigenvalue weighted by Gasteiger charge is -2.16. The second kappa shape index (κ2) is 7.63. The van der Waals surface area contributed by atoms with Gasteiger partial charge in [0.1, 0.15) is 0 Å². The zero-order chi connectivity index (χ0) is 16.1. The number of hydrogen-bond donors (Lipinski definition) is 0. The Hall–Kier alpha value is -1.56. The van der Waals surface area contributed by atoms with E-state index in [1.807, 2.05) is 0 Å². The Kier molecular flexibility index (Phi) is 5.83. The first-order valence-corrected chi connectivity index (χ1v) is 8.63. The molecule has 1 atom stereocenters. The van der Waals surface area contributed by atoms with Crippen LogP contribution in [0.15, 0.2) is 53.1 Å². The highest BCUT2D eigenvalue weighted by Crippen LogP contribution is 2.35. The van der Waals surface area contributed by atoms with Crippen LogP contribution in [-0.2, 0) is 6.42 Å². The highest BCUT2D eigenvalue weighted by atomic mass is 14.2. The topological polar surface area (TPSA) is 0 Å². The third-order valence-electron chi connectivity index (χ3n) is 5.11. The fraction of sp³-hybridized carbons (Fsp3) is 0.455. The lowest BCUT2D eigenvalue weighted by molar-refractivity contribution is 0.863. The first kappa shape index (κ1) is 16.8. The summed E-state index contributed by atoms with van der Waals surface area (Å²) in [6, 6.07) is 6.97. The molecule has 0 aliphatic heterocycles. The third kappa shape index (κ3) is 4.00. The Morgan fingerprint density at radius 3 is 2.73 bits per heavy atom. The van der Waals surface area contributed by atoms with Crippen LogP contribution in [0.5, 0.6) is 0 Å². The van der Waals surface area contributed by atoms with Gasteiger partial charge in [0.15, 0.2) is 0 Å². The van der Waals surface area contributed by atoms with Gasteiger partial charge in [-0.05, 0) is 57.6 Å². The standard InChI is InChI=1S/C22H30/c1-6-16(2)9-7-8-10-20-12-13-21-15-17(3)11-14-22(21)19(5)18(20)4/h7-9,11,14-15,19H,6,10,12-13H2,1-5H3/b8-7-,16-9+. The van der Waals surface area contributed by atoms with E-state index in [1.54, 1.807) is 16.7 Å². The molecule has 2 rings (SSSR count). The normalized spacial score (nSPS) is 19.5. The molecule has 0 amide bonds. The summed E-state index contributed by atoms with van der Waals surface area (Å²) in [6.45, 7) is 11.3. The van der Waals surface area contributed by atoms with Gasteiger partial charge in [-0.3, -0.25) is 0 Å². The summed E-state index contributed by atoms with van der Waals surface area (Å²) in [5.41, 5.74) is 9.10. The van der Waals surface area contributed by atoms with Crippen LogP contribution in [-0.4, -0.2) is 0 Å². The molecule has 0 fully saturated rings. The maximum Gasteiger partial charge on any atom is 0.00225 e. The minimum atomic E-state index is 0.550. The van der Waals surface area contributed by atoms with Crippen molar-refractivity contribution in [2.24, 2.45) is 0 Å². The van der Waals surface area contributed by atoms with Gasteiger partial charge in [-0.2, -0.15) is 0 Å². The van der Waals surface area contributed by atoms with E-state index in [1.165, 1.54) is 29.5 Å². The number of aryl methyl sites for hydroxylation is 2. The highest BCUT2D eigenvalue weighted by molar-refractivity contribution is 5.42. The molecule has 1 aromatic carbocycles. The van der Waals surface area contributed by atoms with E-state index in [0.29, 0.717) is 5.92 Å². The van der Waals surface area contributed by atoms with Crippen molar-refractivity contribution < 1.29 is 0 Å². The monoisotopic (exact) mass is 294 g/mol. The van der Waals surface area contributed by atoms with Gasteiger partial charge in [-0.1, -0.05) is 72.6 Å². The number of fused-ring (bicyclic) bond motifs is 1. The van der Waals surface area contributed by atoms with Gasteiger partial charge in [0.25, 0.3) is 0 Å². The van der Waals surface area contributed by atoms with Gasteiger partial charge >= 0.3 is 0 Å². The van der Waals surface area contributed by atoms with E-state index in [4.69, 9.17) is 0 Å². The number of rotatable bonds is 4. The maximum atomic E-state index is 2.38. The summed E-state index contributed by atoms with van der Waals surface area (Å²) >= 11 is 0. The minimum Gasteiger partial charge on any atom is -0.0805 e. The van der Waals surface area contributed by atoms with Crippen LogP contribution >= 0.6 is 0 Å². The molecule has 1 aliphatic rings. The van der Waals surface area contributed by atoms with Gasteiger partial charge in [0, 0.05) is 5.92 Å². The molecule has 0 N–H and O–H groups in total. The van der Waals surface area contributed by atoms with E-state index in [2.05, 4.69) is 71.0 Å². The van der Waals surface area contributed by atoms with E-state index in [0.717, 1.165) is 12.8 Å². The summed E-state index contributed by atoms with van der Waals surface area (Å²) in [4.78, 5) is 0. The average molecular weight is 294 g/mol. The smallest absolute Gasteiger partial charge is 0.00225 e. The number of benzene rings is 1. The molecule has 0 nitrogen and oxygen atoms in total. The van der Waals surface area contributed by atoms with Gasteiger partial charge in [-0.15, -0.1) is 0 Å². The van der Waals surface area contributed by atoms with Crippen molar-refractivity contribution in [3.05, 3.63) is 69.8 Å². The molecule has 1 aliphatic carbocycles. The quantitative estimate of drug-likeness (QED) is 0.430. The molecule has 0 bridgehead atoms. The molecule has 22 heavy (non-hydrogen) atoms. The first-order valence-electron chi connectivity index (χ1n) is 8.63. The van der Waals surface area contributed by atoms with Gasteiger partial charge < -0.3 is 0 Å². The molecule has 0 heterocycles. The molecule has 0 aromatic heterocycles. The third-order valence-corrected chi connectivity index (χ3v) is 5.11. The van der Waals surface area contributed by atoms with E-state index < -0.39 is 0 Å². The summed E-state index contributed by atoms with van der Waals surface area (Å²) in [7, 11) is 0. The second-order valence-corrected chi connectivity index (χ2v) is 6.71. The van der Waals surface area contributed by atoms with Crippen molar-refractivity contribution in [3.8, 4) is 0 Å². The van der Waals surface area contributed by atoms with Crippen LogP contribution in [0, 0.1) is 6.92 Å². The van der Waals surface area contributed by atoms with Crippen molar-refractivity contribution in [1.29, 1.82) is 0 Å². The van der Waals surface area contributed by atoms with Crippen molar-refractivity contribution in [2.75, 3.05) is 0 Å². The zero-order valence-corrected chi connectivity index (χ0v) is 14.9. The van der Waals surface area contributed by atoms with Crippen molar-refractivity contribution in [1.82, 2.24) is 0 Å². The van der Waals surface area contributed by atoms with Gasteiger partial charge in [0.2, 0.25) is 0 Å². The van der Waals surface area contributed by atoms with Crippen LogP contribution < -0.4 is 0 Å². The zero-order valence-electron chi connectivity index (χ0n) is 14.9. The van der Waals surface area contributed by atoms with Crippen LogP contribution in [0.2, 0.25) is 0 Å². The first-order chi connectivity index (χ1) is 10.5. The SMILES string of the molecule is CC/C(C)=C/C=C\CC1=C(C)C(C)c2ccc(C)cc2CC1. The van der Waals surface area contributed by atoms with Crippen LogP contribution in [0.25, 0.3) is 0 Å². The Morgan fingerprint density at radius 1 is 1.23 bits per heavy atom. The molecule has 118 valence electrons. The fourth-order valence-corrected chi connectivity index (χ4v) is 3.22. The average Bonchev–Trinajstić information content (AvgIpc) is 2.62. The molecule has 0 heteroatoms. The van der Waals surface area contributed by atoms with Crippen LogP contribution in [0.4, 0.5) is 0 Å². The Bertz CT molecular complexity index is 611. The Balaban J connectivity index is 2.16. The van der Waals surface area contributed by atoms with E-state index >= 15 is 0 Å². The molecular weight excluding hydrogens is 264 g/mol. The molecule has 1 aromatic rings. The largest absolute Gasteiger partial charge is 0.0805 e. The van der Waals surface area contributed by atoms with Crippen molar-refractivity contribution >= 4 is 0 Å². The van der Waals surface area contributed by atoms with Crippen molar-refractivity contribution in [3.63, 3.8) is 0 Å². The molecule has 0 radical (unpaired) electrons. The molecule has 0 saturated carbocycles. The molecule has 0 saturated heterocycles. The maximum absolute atomic E-state index is 2.38. The summed E-state index contributed by atoms with van der Waals surface area (Å²) in [5, 5.41) is 0. The molecule has 0 spiro atoms. The molecule has 1 unspecified atom stereocenters. The fourth-order valence-electron chi connectivity index (χ4n) is 3.22. The minimum absolute atomic E-state index is 0.550. The Morgan fingerprint density at radius 2 is 2.00 bits per heavy atom. The van der Waals surface area contributed by atoms with Gasteiger partial charge in [-0.25, -0.2) is 0 Å². The van der Waals surface area contributed by atoms with Crippen molar-refractivity contribution in [2.45, 2.75) is 66.2 Å². The van der Waals surface area contributed by atoms with E-state index in [-0.39, 0.29) is 0 Å². The number of hydrogen-bond acceptors (Lipinski definition) is 0. The molecular formula is C22H30. The lowest BCUT2D eigenvalue weighted by atomic mass is 9.89. The van der Waals surface area contributed by atoms with Crippen LogP contribution in [0.3, 0.4) is 0 Å². The predicted octanol–water partition coefficient (Wildman–Crippen LogP) is 6.66. The van der Waals surface area contributed by atoms with Gasteiger partial charge in [0.05, 0.1) is 0 Å². The lowest BCUT2D eigenvalue weighted by Crippen LogP contribution is -1.99. The summed E-state index contributed by atoms with van der Waals surface area (Å²) < 4.78 is 0.